The van der Waals surface area contributed by atoms with Gasteiger partial charge in [0.15, 0.2) is 5.78 Å². The molecule has 1 heterocycles. The molecule has 0 saturated carbocycles. The molecule has 1 atom stereocenters. The van der Waals surface area contributed by atoms with E-state index in [2.05, 4.69) is 17.0 Å². The van der Waals surface area contributed by atoms with Crippen LogP contribution in [0.5, 0.6) is 0 Å². The number of nitrogens with zero attached hydrogens (tertiary/aromatic N) is 2. The molecule has 0 N–H and O–H groups in total. The van der Waals surface area contributed by atoms with E-state index in [1.54, 1.807) is 6.08 Å². The Morgan fingerprint density at radius 3 is 2.59 bits per heavy atom. The number of carbonyl (C=O) groups is 2. The normalized spacial score (nSPS) is 17.2. The average Bonchev–Trinajstić information content (AvgIpc) is 3.25. The highest BCUT2D eigenvalue weighted by atomic mass is 16.2. The molecular formula is C25H28N2O2. The van der Waals surface area contributed by atoms with E-state index in [-0.39, 0.29) is 17.7 Å². The van der Waals surface area contributed by atoms with Crippen molar-refractivity contribution in [2.24, 2.45) is 0 Å². The molecular weight excluding hydrogens is 360 g/mol. The average molecular weight is 389 g/mol. The van der Waals surface area contributed by atoms with Crippen molar-refractivity contribution in [1.29, 1.82) is 0 Å². The molecule has 150 valence electrons. The minimum Gasteiger partial charge on any atom is -0.337 e. The van der Waals surface area contributed by atoms with Crippen molar-refractivity contribution >= 4 is 17.8 Å². The lowest BCUT2D eigenvalue weighted by Gasteiger charge is -2.32. The molecule has 0 spiro atoms. The first-order valence-electron chi connectivity index (χ1n) is 10.5. The van der Waals surface area contributed by atoms with E-state index in [0.29, 0.717) is 12.8 Å². The highest BCUT2D eigenvalue weighted by molar-refractivity contribution is 5.98. The number of fused-ring (bicyclic) bond motifs is 1. The Balaban J connectivity index is 1.50. The van der Waals surface area contributed by atoms with E-state index >= 15 is 0 Å². The fourth-order valence-corrected chi connectivity index (χ4v) is 4.31. The number of rotatable bonds is 6. The fourth-order valence-electron chi connectivity index (χ4n) is 4.31. The molecule has 2 aromatic carbocycles. The van der Waals surface area contributed by atoms with Crippen LogP contribution < -0.4 is 0 Å². The molecule has 1 aliphatic carbocycles. The van der Waals surface area contributed by atoms with Gasteiger partial charge in [-0.1, -0.05) is 54.6 Å². The van der Waals surface area contributed by atoms with Gasteiger partial charge >= 0.3 is 0 Å². The van der Waals surface area contributed by atoms with Crippen LogP contribution in [0.25, 0.3) is 6.08 Å². The molecule has 0 aromatic heterocycles. The number of likely N-dealkylation sites (N-methyl/N-ethyl adjacent to an activating group) is 1. The molecule has 4 rings (SSSR count). The number of benzene rings is 2. The predicted octanol–water partition coefficient (Wildman–Crippen LogP) is 3.66. The first-order valence-corrected chi connectivity index (χ1v) is 10.5. The van der Waals surface area contributed by atoms with Gasteiger partial charge in [-0.2, -0.15) is 0 Å². The van der Waals surface area contributed by atoms with Crippen LogP contribution in [0.4, 0.5) is 0 Å². The minimum absolute atomic E-state index is 0.0527. The number of hydrogen-bond acceptors (Lipinski definition) is 3. The summed E-state index contributed by atoms with van der Waals surface area (Å²) in [5.74, 6) is 0.252. The number of ketones is 1. The summed E-state index contributed by atoms with van der Waals surface area (Å²) >= 11 is 0. The summed E-state index contributed by atoms with van der Waals surface area (Å²) < 4.78 is 0. The van der Waals surface area contributed by atoms with E-state index in [0.717, 1.165) is 36.3 Å². The zero-order valence-corrected chi connectivity index (χ0v) is 17.0. The lowest BCUT2D eigenvalue weighted by atomic mass is 9.94. The van der Waals surface area contributed by atoms with Gasteiger partial charge in [-0.3, -0.25) is 9.59 Å². The van der Waals surface area contributed by atoms with Gasteiger partial charge in [0.2, 0.25) is 5.91 Å². The molecule has 0 unspecified atom stereocenters. The smallest absolute Gasteiger partial charge is 0.227 e. The van der Waals surface area contributed by atoms with Crippen molar-refractivity contribution in [1.82, 2.24) is 9.80 Å². The topological polar surface area (TPSA) is 40.6 Å². The number of hydrogen-bond donors (Lipinski definition) is 0. The van der Waals surface area contributed by atoms with Crippen LogP contribution in [0.2, 0.25) is 0 Å². The van der Waals surface area contributed by atoms with Gasteiger partial charge in [0.25, 0.3) is 0 Å². The van der Waals surface area contributed by atoms with E-state index in [9.17, 15) is 9.59 Å². The van der Waals surface area contributed by atoms with Gasteiger partial charge in [-0.15, -0.1) is 0 Å². The van der Waals surface area contributed by atoms with Crippen molar-refractivity contribution in [2.45, 2.75) is 31.7 Å². The number of likely N-dealkylation sites (tertiary alicyclic amines) is 1. The predicted molar refractivity (Wildman–Crippen MR) is 116 cm³/mol. The Morgan fingerprint density at radius 1 is 1.07 bits per heavy atom. The largest absolute Gasteiger partial charge is 0.337 e. The second-order valence-electron chi connectivity index (χ2n) is 8.13. The summed E-state index contributed by atoms with van der Waals surface area (Å²) in [6, 6.07) is 16.4. The molecule has 1 saturated heterocycles. The molecule has 1 fully saturated rings. The second-order valence-corrected chi connectivity index (χ2v) is 8.13. The molecule has 2 aromatic rings. The molecule has 1 amide bonds. The zero-order valence-electron chi connectivity index (χ0n) is 17.0. The van der Waals surface area contributed by atoms with Crippen LogP contribution in [0.15, 0.2) is 54.6 Å². The summed E-state index contributed by atoms with van der Waals surface area (Å²) in [6.45, 7) is 3.10. The monoisotopic (exact) mass is 388 g/mol. The van der Waals surface area contributed by atoms with E-state index in [1.807, 2.05) is 54.4 Å². The zero-order chi connectivity index (χ0) is 20.2. The van der Waals surface area contributed by atoms with Crippen LogP contribution in [0.1, 0.15) is 41.1 Å². The third kappa shape index (κ3) is 4.65. The number of carbonyl (C=O) groups excluding carboxylic acids is 2. The third-order valence-corrected chi connectivity index (χ3v) is 6.05. The van der Waals surface area contributed by atoms with Crippen molar-refractivity contribution < 1.29 is 9.59 Å². The number of allylic oxidation sites excluding steroid dienone is 1. The van der Waals surface area contributed by atoms with Crippen LogP contribution in [-0.4, -0.2) is 48.2 Å². The quantitative estimate of drug-likeness (QED) is 0.758. The molecule has 4 nitrogen and oxygen atoms in total. The molecule has 1 aliphatic heterocycles. The van der Waals surface area contributed by atoms with Crippen molar-refractivity contribution in [2.75, 3.05) is 26.7 Å². The second kappa shape index (κ2) is 8.75. The Bertz CT molecular complexity index is 914. The molecule has 0 bridgehead atoms. The van der Waals surface area contributed by atoms with Crippen molar-refractivity contribution in [3.05, 3.63) is 76.9 Å². The van der Waals surface area contributed by atoms with E-state index in [1.165, 1.54) is 18.4 Å². The molecule has 2 aliphatic rings. The van der Waals surface area contributed by atoms with Crippen LogP contribution in [0.3, 0.4) is 0 Å². The first kappa shape index (κ1) is 19.6. The van der Waals surface area contributed by atoms with Gasteiger partial charge in [0.05, 0.1) is 12.5 Å². The highest BCUT2D eigenvalue weighted by Crippen LogP contribution is 2.25. The van der Waals surface area contributed by atoms with Crippen LogP contribution in [0, 0.1) is 0 Å². The summed E-state index contributed by atoms with van der Waals surface area (Å²) in [4.78, 5) is 29.1. The summed E-state index contributed by atoms with van der Waals surface area (Å²) in [5, 5.41) is 0. The summed E-state index contributed by atoms with van der Waals surface area (Å²) in [6.07, 6.45) is 6.79. The van der Waals surface area contributed by atoms with Crippen molar-refractivity contribution in [3.63, 3.8) is 0 Å². The van der Waals surface area contributed by atoms with E-state index < -0.39 is 0 Å². The molecule has 29 heavy (non-hydrogen) atoms. The Hall–Kier alpha value is -2.72. The molecule has 0 radical (unpaired) electrons. The van der Waals surface area contributed by atoms with Gasteiger partial charge in [0, 0.05) is 20.0 Å². The van der Waals surface area contributed by atoms with Crippen LogP contribution >= 0.6 is 0 Å². The summed E-state index contributed by atoms with van der Waals surface area (Å²) in [7, 11) is 1.92. The van der Waals surface area contributed by atoms with Gasteiger partial charge < -0.3 is 9.80 Å². The Labute approximate surface area is 172 Å². The standard InChI is InChI=1S/C25H28N2O2/c1-26(24(18-27-13-5-6-14-27)20-7-3-2-4-8-20)25(29)16-19-9-10-22-17-23(28)12-11-21(22)15-19/h2-4,7-12,15,24H,5-6,13-14,16-18H2,1H3/t24-/m1/s1. The Morgan fingerprint density at radius 2 is 1.83 bits per heavy atom. The Kier molecular flexibility index (Phi) is 5.91. The highest BCUT2D eigenvalue weighted by Gasteiger charge is 2.25. The van der Waals surface area contributed by atoms with Gasteiger partial charge in [-0.05, 0) is 54.3 Å². The maximum atomic E-state index is 13.2. The van der Waals surface area contributed by atoms with E-state index in [4.69, 9.17) is 0 Å². The fraction of sp³-hybridized carbons (Fsp3) is 0.360. The van der Waals surface area contributed by atoms with Gasteiger partial charge in [0.1, 0.15) is 0 Å². The maximum absolute atomic E-state index is 13.2. The minimum atomic E-state index is 0.0527. The van der Waals surface area contributed by atoms with Crippen molar-refractivity contribution in [3.8, 4) is 0 Å². The van der Waals surface area contributed by atoms with Gasteiger partial charge in [-0.25, -0.2) is 0 Å². The SMILES string of the molecule is CN(C(=O)Cc1ccc2c(c1)C=CC(=O)C2)[C@H](CN1CCCC1)c1ccccc1. The first-order chi connectivity index (χ1) is 14.1. The van der Waals surface area contributed by atoms with Crippen LogP contribution in [-0.2, 0) is 22.4 Å². The molecule has 4 heteroatoms. The summed E-state index contributed by atoms with van der Waals surface area (Å²) in [5.41, 5.74) is 4.27. The lowest BCUT2D eigenvalue weighted by Crippen LogP contribution is -2.39. The lowest BCUT2D eigenvalue weighted by molar-refractivity contribution is -0.131. The maximum Gasteiger partial charge on any atom is 0.227 e. The number of amides is 1. The third-order valence-electron chi connectivity index (χ3n) is 6.05.